The van der Waals surface area contributed by atoms with Gasteiger partial charge in [-0.1, -0.05) is 46.3 Å². The summed E-state index contributed by atoms with van der Waals surface area (Å²) >= 11 is 3.46. The van der Waals surface area contributed by atoms with Gasteiger partial charge in [0.05, 0.1) is 11.4 Å². The van der Waals surface area contributed by atoms with Crippen molar-refractivity contribution in [2.45, 2.75) is 25.7 Å². The number of carbonyl (C=O) groups excluding carboxylic acids is 2. The molecule has 0 spiro atoms. The molecule has 1 aliphatic rings. The third-order valence-electron chi connectivity index (χ3n) is 5.57. The summed E-state index contributed by atoms with van der Waals surface area (Å²) in [6.07, 6.45) is 5.62. The van der Waals surface area contributed by atoms with Crippen LogP contribution in [0.3, 0.4) is 0 Å². The lowest BCUT2D eigenvalue weighted by Crippen LogP contribution is -2.41. The molecule has 0 unspecified atom stereocenters. The van der Waals surface area contributed by atoms with Gasteiger partial charge >= 0.3 is 0 Å². The molecule has 2 heterocycles. The predicted molar refractivity (Wildman–Crippen MR) is 122 cm³/mol. The quantitative estimate of drug-likeness (QED) is 0.579. The first-order valence-electron chi connectivity index (χ1n) is 10.4. The number of likely N-dealkylation sites (tertiary alicyclic amines) is 1. The highest BCUT2D eigenvalue weighted by atomic mass is 79.9. The highest BCUT2D eigenvalue weighted by Crippen LogP contribution is 2.26. The lowest BCUT2D eigenvalue weighted by atomic mass is 9.95. The van der Waals surface area contributed by atoms with Crippen molar-refractivity contribution < 1.29 is 9.59 Å². The Hall–Kier alpha value is -3.00. The molecule has 0 bridgehead atoms. The van der Waals surface area contributed by atoms with E-state index in [0.717, 1.165) is 16.6 Å². The number of aromatic nitrogens is 3. The van der Waals surface area contributed by atoms with Crippen LogP contribution in [0.5, 0.6) is 0 Å². The van der Waals surface area contributed by atoms with Crippen LogP contribution in [0, 0.1) is 5.92 Å². The molecule has 2 aromatic carbocycles. The van der Waals surface area contributed by atoms with E-state index in [1.54, 1.807) is 11.0 Å². The Balaban J connectivity index is 1.32. The van der Waals surface area contributed by atoms with Crippen LogP contribution in [0.2, 0.25) is 0 Å². The number of hydrogen-bond acceptors (Lipinski definition) is 4. The van der Waals surface area contributed by atoms with E-state index in [-0.39, 0.29) is 17.7 Å². The molecule has 0 saturated carbocycles. The maximum atomic E-state index is 12.9. The van der Waals surface area contributed by atoms with Crippen LogP contribution in [0.15, 0.2) is 65.7 Å². The zero-order valence-electron chi connectivity index (χ0n) is 17.1. The minimum absolute atomic E-state index is 0.0316. The first-order valence-corrected chi connectivity index (χ1v) is 11.2. The molecule has 8 heteroatoms. The normalized spacial score (nSPS) is 14.4. The summed E-state index contributed by atoms with van der Waals surface area (Å²) < 4.78 is 2.49. The molecule has 160 valence electrons. The summed E-state index contributed by atoms with van der Waals surface area (Å²) in [5.41, 5.74) is 2.59. The monoisotopic (exact) mass is 481 g/mol. The van der Waals surface area contributed by atoms with Gasteiger partial charge in [-0.3, -0.25) is 9.59 Å². The number of hydrogen-bond donors (Lipinski definition) is 1. The van der Waals surface area contributed by atoms with Gasteiger partial charge in [0.1, 0.15) is 12.7 Å². The number of anilines is 1. The minimum Gasteiger partial charge on any atom is -0.343 e. The standard InChI is InChI=1S/C23H24BrN5O2/c24-19-7-8-21(29-16-25-15-26-29)20(14-19)27-23(31)18-10-12-28(13-11-18)22(30)9-6-17-4-2-1-3-5-17/h1-5,7-8,14-16,18H,6,9-13H2,(H,27,31). The SMILES string of the molecule is O=C(Nc1cc(Br)ccc1-n1cncn1)C1CCN(C(=O)CCc2ccccc2)CC1. The molecule has 2 amide bonds. The highest BCUT2D eigenvalue weighted by Gasteiger charge is 2.27. The van der Waals surface area contributed by atoms with Gasteiger partial charge in [-0.2, -0.15) is 5.10 Å². The molecule has 0 aliphatic carbocycles. The Morgan fingerprint density at radius 1 is 1.10 bits per heavy atom. The fraction of sp³-hybridized carbons (Fsp3) is 0.304. The van der Waals surface area contributed by atoms with Crippen LogP contribution in [0.1, 0.15) is 24.8 Å². The number of benzene rings is 2. The van der Waals surface area contributed by atoms with E-state index < -0.39 is 0 Å². The predicted octanol–water partition coefficient (Wildman–Crippen LogP) is 3.84. The molecule has 3 aromatic rings. The van der Waals surface area contributed by atoms with E-state index in [2.05, 4.69) is 31.3 Å². The Morgan fingerprint density at radius 3 is 2.58 bits per heavy atom. The summed E-state index contributed by atoms with van der Waals surface area (Å²) in [4.78, 5) is 31.3. The van der Waals surface area contributed by atoms with Crippen molar-refractivity contribution in [3.8, 4) is 5.69 Å². The first-order chi connectivity index (χ1) is 15.1. The average Bonchev–Trinajstić information content (AvgIpc) is 3.33. The van der Waals surface area contributed by atoms with Crippen molar-refractivity contribution in [2.24, 2.45) is 5.92 Å². The van der Waals surface area contributed by atoms with Gasteiger partial charge < -0.3 is 10.2 Å². The second-order valence-electron chi connectivity index (χ2n) is 7.63. The maximum absolute atomic E-state index is 12.9. The molecule has 1 N–H and O–H groups in total. The smallest absolute Gasteiger partial charge is 0.227 e. The van der Waals surface area contributed by atoms with Gasteiger partial charge in [0, 0.05) is 29.9 Å². The van der Waals surface area contributed by atoms with E-state index in [9.17, 15) is 9.59 Å². The van der Waals surface area contributed by atoms with Gasteiger partial charge in [0.2, 0.25) is 11.8 Å². The summed E-state index contributed by atoms with van der Waals surface area (Å²) in [7, 11) is 0. The van der Waals surface area contributed by atoms with Gasteiger partial charge in [-0.05, 0) is 43.0 Å². The number of carbonyl (C=O) groups is 2. The molecule has 1 aliphatic heterocycles. The fourth-order valence-corrected chi connectivity index (χ4v) is 4.18. The molecule has 7 nitrogen and oxygen atoms in total. The molecule has 1 aromatic heterocycles. The number of piperidine rings is 1. The summed E-state index contributed by atoms with van der Waals surface area (Å²) in [5.74, 6) is -0.000212. The van der Waals surface area contributed by atoms with Gasteiger partial charge in [0.25, 0.3) is 0 Å². The van der Waals surface area contributed by atoms with E-state index >= 15 is 0 Å². The van der Waals surface area contributed by atoms with Crippen LogP contribution in [-0.4, -0.2) is 44.6 Å². The molecule has 0 radical (unpaired) electrons. The Labute approximate surface area is 189 Å². The lowest BCUT2D eigenvalue weighted by Gasteiger charge is -2.31. The number of nitrogens with zero attached hydrogens (tertiary/aromatic N) is 4. The second kappa shape index (κ2) is 9.87. The number of aryl methyl sites for hydroxylation is 1. The second-order valence-corrected chi connectivity index (χ2v) is 8.55. The van der Waals surface area contributed by atoms with Crippen molar-refractivity contribution in [1.29, 1.82) is 0 Å². The number of rotatable bonds is 6. The molecular weight excluding hydrogens is 458 g/mol. The topological polar surface area (TPSA) is 80.1 Å². The zero-order chi connectivity index (χ0) is 21.6. The largest absolute Gasteiger partial charge is 0.343 e. The van der Waals surface area contributed by atoms with Crippen molar-refractivity contribution in [3.05, 3.63) is 71.2 Å². The Kier molecular flexibility index (Phi) is 6.76. The average molecular weight is 482 g/mol. The van der Waals surface area contributed by atoms with Gasteiger partial charge in [-0.15, -0.1) is 0 Å². The highest BCUT2D eigenvalue weighted by molar-refractivity contribution is 9.10. The number of nitrogens with one attached hydrogen (secondary N) is 1. The number of amides is 2. The molecule has 1 fully saturated rings. The molecule has 4 rings (SSSR count). The summed E-state index contributed by atoms with van der Waals surface area (Å²) in [6, 6.07) is 15.7. The van der Waals surface area contributed by atoms with E-state index in [4.69, 9.17) is 0 Å². The van der Waals surface area contributed by atoms with E-state index in [1.165, 1.54) is 11.9 Å². The molecule has 0 atom stereocenters. The molecular formula is C23H24BrN5O2. The maximum Gasteiger partial charge on any atom is 0.227 e. The lowest BCUT2D eigenvalue weighted by molar-refractivity contribution is -0.134. The molecule has 31 heavy (non-hydrogen) atoms. The summed E-state index contributed by atoms with van der Waals surface area (Å²) in [5, 5.41) is 7.20. The van der Waals surface area contributed by atoms with Crippen molar-refractivity contribution in [3.63, 3.8) is 0 Å². The zero-order valence-corrected chi connectivity index (χ0v) is 18.7. The Morgan fingerprint density at radius 2 is 1.87 bits per heavy atom. The van der Waals surface area contributed by atoms with Crippen LogP contribution in [0.4, 0.5) is 5.69 Å². The van der Waals surface area contributed by atoms with Crippen molar-refractivity contribution in [2.75, 3.05) is 18.4 Å². The van der Waals surface area contributed by atoms with Crippen LogP contribution >= 0.6 is 15.9 Å². The summed E-state index contributed by atoms with van der Waals surface area (Å²) in [6.45, 7) is 1.22. The fourth-order valence-electron chi connectivity index (χ4n) is 3.82. The Bertz CT molecular complexity index is 1030. The van der Waals surface area contributed by atoms with Gasteiger partial charge in [-0.25, -0.2) is 9.67 Å². The van der Waals surface area contributed by atoms with E-state index in [0.29, 0.717) is 38.0 Å². The minimum atomic E-state index is -0.124. The third-order valence-corrected chi connectivity index (χ3v) is 6.06. The third kappa shape index (κ3) is 5.38. The van der Waals surface area contributed by atoms with Crippen molar-refractivity contribution in [1.82, 2.24) is 19.7 Å². The van der Waals surface area contributed by atoms with Crippen LogP contribution < -0.4 is 5.32 Å². The van der Waals surface area contributed by atoms with Crippen molar-refractivity contribution >= 4 is 33.4 Å². The van der Waals surface area contributed by atoms with Gasteiger partial charge in [0.15, 0.2) is 0 Å². The van der Waals surface area contributed by atoms with E-state index in [1.807, 2.05) is 53.4 Å². The molecule has 1 saturated heterocycles. The van der Waals surface area contributed by atoms with Crippen LogP contribution in [0.25, 0.3) is 5.69 Å². The number of halogens is 1. The van der Waals surface area contributed by atoms with Crippen LogP contribution in [-0.2, 0) is 16.0 Å². The first kappa shape index (κ1) is 21.2.